The van der Waals surface area contributed by atoms with E-state index in [1.807, 2.05) is 91.0 Å². The van der Waals surface area contributed by atoms with Crippen molar-refractivity contribution in [3.63, 3.8) is 0 Å². The number of hydrogen-bond donors (Lipinski definition) is 0. The molecule has 0 atom stereocenters. The van der Waals surface area contributed by atoms with Gasteiger partial charge in [-0.2, -0.15) is 188 Å². The number of hydrogen-bond acceptors (Lipinski definition) is 0. The van der Waals surface area contributed by atoms with Crippen LogP contribution < -0.4 is 0 Å². The van der Waals surface area contributed by atoms with Crippen molar-refractivity contribution in [1.82, 2.24) is 22.8 Å². The second-order valence-electron chi connectivity index (χ2n) is 25.9. The molecule has 5 heterocycles. The molecule has 0 unspecified atom stereocenters. The Hall–Kier alpha value is -7.18. The molecule has 0 spiro atoms. The van der Waals surface area contributed by atoms with Crippen LogP contribution in [0.4, 0.5) is 0 Å². The molecule has 20 rings (SSSR count). The normalized spacial score (nSPS) is 10.8. The third-order valence-electron chi connectivity index (χ3n) is 20.0. The Morgan fingerprint density at radius 2 is 0.600 bits per heavy atom. The van der Waals surface area contributed by atoms with Crippen molar-refractivity contribution in [2.45, 2.75) is 67.3 Å². The van der Waals surface area contributed by atoms with Gasteiger partial charge in [0, 0.05) is 224 Å². The van der Waals surface area contributed by atoms with Gasteiger partial charge in [-0.15, -0.1) is 66.0 Å². The van der Waals surface area contributed by atoms with Gasteiger partial charge in [-0.3, -0.25) is 0 Å². The van der Waals surface area contributed by atoms with Gasteiger partial charge in [-0.25, -0.2) is 50.1 Å². The van der Waals surface area contributed by atoms with Crippen LogP contribution in [0.1, 0.15) is 34.6 Å². The summed E-state index contributed by atoms with van der Waals surface area (Å²) in [5.74, 6) is 0. The summed E-state index contributed by atoms with van der Waals surface area (Å²) >= 11 is 0. The molecule has 5 nitrogen and oxygen atoms in total. The van der Waals surface area contributed by atoms with Crippen molar-refractivity contribution in [2.24, 2.45) is 0 Å². The first-order valence-electron chi connectivity index (χ1n) is 36.4. The SMILES string of the molecule is CCn1c2[c-]c(-c3[c-]cccc3)ccc2c2ccccc21.CCn1c2c[c-]c(-c3[c-]cccc3)cc2c2ccccc21.CCn1c2ccc(-c3[c-]cccc3)[c-]c2c2ccccc21.CCn1c2ccccc2c2c[c-]c(-c3[c-]cccc3)cc21.CCn1c2ccccc2c2cc[c-]c(-c3[c-]cccc3)c21.[Y].[Y].[Y].[Y].[Y]. The van der Waals surface area contributed by atoms with Gasteiger partial charge < -0.3 is 22.8 Å². The average molecular weight is 1790 g/mol. The van der Waals surface area contributed by atoms with E-state index in [1.54, 1.807) is 0 Å². The number of aromatic nitrogens is 5. The van der Waals surface area contributed by atoms with E-state index in [2.05, 4.69) is 330 Å². The largest absolute Gasteiger partial charge is 0.390 e. The van der Waals surface area contributed by atoms with E-state index >= 15 is 0 Å². The molecule has 525 valence electrons. The molecule has 0 aliphatic carbocycles. The molecule has 5 radical (unpaired) electrons. The zero-order valence-electron chi connectivity index (χ0n) is 62.5. The molecule has 0 N–H and O–H groups in total. The quantitative estimate of drug-likeness (QED) is 0.122. The number of benzene rings is 15. The van der Waals surface area contributed by atoms with E-state index in [-0.39, 0.29) is 164 Å². The van der Waals surface area contributed by atoms with Gasteiger partial charge in [0.05, 0.1) is 0 Å². The Kier molecular flexibility index (Phi) is 29.7. The Morgan fingerprint density at radius 3 is 1.11 bits per heavy atom. The van der Waals surface area contributed by atoms with Crippen LogP contribution in [-0.2, 0) is 196 Å². The van der Waals surface area contributed by atoms with E-state index < -0.39 is 0 Å². The van der Waals surface area contributed by atoms with Crippen LogP contribution in [0.25, 0.3) is 165 Å². The maximum absolute atomic E-state index is 3.59. The van der Waals surface area contributed by atoms with Gasteiger partial charge in [0.25, 0.3) is 0 Å². The molecule has 20 aromatic rings. The zero-order chi connectivity index (χ0) is 71.2. The zero-order valence-corrected chi connectivity index (χ0v) is 76.7. The molecular formula is C100H75N5Y5-10. The summed E-state index contributed by atoms with van der Waals surface area (Å²) in [5, 5.41) is 12.8. The molecule has 0 amide bonds. The number of rotatable bonds is 10. The minimum absolute atomic E-state index is 0. The number of nitrogens with zero attached hydrogens (tertiary/aromatic N) is 5. The Labute approximate surface area is 771 Å². The molecular weight excluding hydrogens is 1720 g/mol. The third-order valence-corrected chi connectivity index (χ3v) is 20.0. The van der Waals surface area contributed by atoms with Crippen molar-refractivity contribution in [1.29, 1.82) is 0 Å². The second-order valence-corrected chi connectivity index (χ2v) is 25.9. The van der Waals surface area contributed by atoms with Gasteiger partial charge in [-0.1, -0.05) is 123 Å². The molecule has 0 aliphatic heterocycles. The fourth-order valence-corrected chi connectivity index (χ4v) is 15.3. The van der Waals surface area contributed by atoms with Crippen LogP contribution in [-0.4, -0.2) is 22.8 Å². The van der Waals surface area contributed by atoms with Gasteiger partial charge in [0.1, 0.15) is 0 Å². The third kappa shape index (κ3) is 16.9. The number of para-hydroxylation sites is 5. The van der Waals surface area contributed by atoms with Crippen LogP contribution in [0.15, 0.2) is 303 Å². The first kappa shape index (κ1) is 83.7. The van der Waals surface area contributed by atoms with Gasteiger partial charge >= 0.3 is 0 Å². The predicted octanol–water partition coefficient (Wildman–Crippen LogP) is 25.4. The summed E-state index contributed by atoms with van der Waals surface area (Å²) < 4.78 is 11.8. The molecule has 0 saturated carbocycles. The summed E-state index contributed by atoms with van der Waals surface area (Å²) in [6.07, 6.45) is 0. The molecule has 5 aromatic heterocycles. The Balaban J connectivity index is 0.000000135. The molecule has 110 heavy (non-hydrogen) atoms. The molecule has 10 heteroatoms. The summed E-state index contributed by atoms with van der Waals surface area (Å²) in [6.45, 7) is 15.7. The predicted molar refractivity (Wildman–Crippen MR) is 441 cm³/mol. The van der Waals surface area contributed by atoms with Crippen molar-refractivity contribution in [3.8, 4) is 55.6 Å². The summed E-state index contributed by atoms with van der Waals surface area (Å²) in [5.41, 5.74) is 23.6. The van der Waals surface area contributed by atoms with E-state index in [1.165, 1.54) is 109 Å². The first-order chi connectivity index (χ1) is 51.9. The standard InChI is InChI=1S/5C20H15N.5Y/c1-2-21-19-14-7-6-11-17(19)18-13-8-12-16(20(18)21)15-9-4-3-5-10-15;2*1-2-21-19-11-7-6-10-17(19)18-14-16(12-13-20(18)21)15-8-4-3-5-9-15;2*1-2-21-19-11-7-6-10-17(19)18-13-12-16(14-20(18)21)15-8-4-3-5-9-15;;;;;/h3-9,11,13-14H,2H2,1H3;3-8,10-11,13-14H,2H2,1H3;3-8,10-13H,2H2,1H3;3-8,10-11,13-14H,2H2,1H3;3-8,10-13H,2H2,1H3;;;;;/q5*-2;;;;;. The maximum atomic E-state index is 3.59. The summed E-state index contributed by atoms with van der Waals surface area (Å²) in [4.78, 5) is 0. The van der Waals surface area contributed by atoms with Gasteiger partial charge in [0.2, 0.25) is 0 Å². The number of aryl methyl sites for hydroxylation is 5. The van der Waals surface area contributed by atoms with Crippen LogP contribution in [0, 0.1) is 60.7 Å². The van der Waals surface area contributed by atoms with Crippen LogP contribution in [0.2, 0.25) is 0 Å². The summed E-state index contributed by atoms with van der Waals surface area (Å²) in [7, 11) is 0. The minimum Gasteiger partial charge on any atom is -0.390 e. The van der Waals surface area contributed by atoms with Crippen molar-refractivity contribution >= 4 is 109 Å². The minimum atomic E-state index is 0. The Bertz CT molecular complexity index is 6100. The van der Waals surface area contributed by atoms with Crippen molar-refractivity contribution in [2.75, 3.05) is 0 Å². The first-order valence-corrected chi connectivity index (χ1v) is 36.4. The van der Waals surface area contributed by atoms with Gasteiger partial charge in [0.15, 0.2) is 0 Å². The van der Waals surface area contributed by atoms with E-state index in [9.17, 15) is 0 Å². The van der Waals surface area contributed by atoms with Crippen LogP contribution in [0.3, 0.4) is 0 Å². The molecule has 0 aliphatic rings. The van der Waals surface area contributed by atoms with E-state index in [0.29, 0.717) is 0 Å². The molecule has 15 aromatic carbocycles. The fourth-order valence-electron chi connectivity index (χ4n) is 15.3. The van der Waals surface area contributed by atoms with Crippen LogP contribution >= 0.6 is 0 Å². The Morgan fingerprint density at radius 1 is 0.218 bits per heavy atom. The maximum Gasteiger partial charge on any atom is 0.0391 e. The fraction of sp³-hybridized carbons (Fsp3) is 0.100. The molecule has 0 fully saturated rings. The van der Waals surface area contributed by atoms with Crippen molar-refractivity contribution in [3.05, 3.63) is 364 Å². The average Bonchev–Trinajstić information content (AvgIpc) is 1.64. The monoisotopic (exact) mass is 1790 g/mol. The summed E-state index contributed by atoms with van der Waals surface area (Å²) in [6, 6.07) is 139. The van der Waals surface area contributed by atoms with E-state index in [0.717, 1.165) is 88.4 Å². The smallest absolute Gasteiger partial charge is 0.0391 e. The van der Waals surface area contributed by atoms with E-state index in [4.69, 9.17) is 0 Å². The number of fused-ring (bicyclic) bond motifs is 15. The molecule has 0 saturated heterocycles. The van der Waals surface area contributed by atoms with Gasteiger partial charge in [-0.05, 0) is 109 Å². The topological polar surface area (TPSA) is 24.6 Å². The van der Waals surface area contributed by atoms with Crippen molar-refractivity contribution < 1.29 is 164 Å². The second kappa shape index (κ2) is 39.0. The van der Waals surface area contributed by atoms with Crippen LogP contribution in [0.5, 0.6) is 0 Å². The molecule has 0 bridgehead atoms.